The van der Waals surface area contributed by atoms with Crippen LogP contribution in [0.2, 0.25) is 5.02 Å². The molecule has 3 aromatic carbocycles. The van der Waals surface area contributed by atoms with Crippen LogP contribution in [0, 0.1) is 11.6 Å². The second-order valence-electron chi connectivity index (χ2n) is 7.26. The molecule has 4 aromatic rings. The first-order chi connectivity index (χ1) is 15.0. The van der Waals surface area contributed by atoms with Gasteiger partial charge in [0.1, 0.15) is 17.2 Å². The molecule has 1 aliphatic rings. The van der Waals surface area contributed by atoms with Gasteiger partial charge in [0.15, 0.2) is 5.43 Å². The third-order valence-electron chi connectivity index (χ3n) is 5.43. The summed E-state index contributed by atoms with van der Waals surface area (Å²) in [6.45, 7) is 0.0336. The Balaban J connectivity index is 1.77. The normalized spacial score (nSPS) is 15.5. The largest absolute Gasteiger partial charge is 0.450 e. The van der Waals surface area contributed by atoms with E-state index in [0.29, 0.717) is 10.6 Å². The maximum Gasteiger partial charge on any atom is 0.291 e. The third-order valence-corrected chi connectivity index (χ3v) is 5.79. The molecule has 1 aromatic heterocycles. The maximum absolute atomic E-state index is 14.8. The average Bonchev–Trinajstić information content (AvgIpc) is 3.03. The Bertz CT molecular complexity index is 1420. The highest BCUT2D eigenvalue weighted by Crippen LogP contribution is 2.40. The van der Waals surface area contributed by atoms with Crippen LogP contribution in [0.1, 0.15) is 33.3 Å². The molecule has 7 heteroatoms. The topological polar surface area (TPSA) is 50.5 Å². The SMILES string of the molecule is O=C1c2oc3ccc(F)cc3c(=O)c2C(c2ccccc2F)N1Cc1ccccc1Cl. The van der Waals surface area contributed by atoms with Gasteiger partial charge in [0.05, 0.1) is 17.0 Å². The van der Waals surface area contributed by atoms with Gasteiger partial charge in [-0.1, -0.05) is 48.0 Å². The predicted molar refractivity (Wildman–Crippen MR) is 112 cm³/mol. The van der Waals surface area contributed by atoms with Gasteiger partial charge < -0.3 is 9.32 Å². The molecule has 0 N–H and O–H groups in total. The molecular weight excluding hydrogens is 424 g/mol. The number of hydrogen-bond donors (Lipinski definition) is 0. The molecule has 2 heterocycles. The summed E-state index contributed by atoms with van der Waals surface area (Å²) in [5, 5.41) is 0.428. The van der Waals surface area contributed by atoms with Gasteiger partial charge in [-0.2, -0.15) is 0 Å². The summed E-state index contributed by atoms with van der Waals surface area (Å²) in [5.74, 6) is -1.92. The van der Waals surface area contributed by atoms with Crippen LogP contribution < -0.4 is 5.43 Å². The summed E-state index contributed by atoms with van der Waals surface area (Å²) >= 11 is 6.28. The van der Waals surface area contributed by atoms with Crippen LogP contribution in [0.15, 0.2) is 75.9 Å². The lowest BCUT2D eigenvalue weighted by atomic mass is 9.97. The molecule has 1 atom stereocenters. The fourth-order valence-corrected chi connectivity index (χ4v) is 4.18. The van der Waals surface area contributed by atoms with Crippen molar-refractivity contribution in [1.82, 2.24) is 4.90 Å². The van der Waals surface area contributed by atoms with Gasteiger partial charge in [0.25, 0.3) is 5.91 Å². The molecule has 1 aliphatic heterocycles. The Kier molecular flexibility index (Phi) is 4.59. The number of hydrogen-bond acceptors (Lipinski definition) is 3. The summed E-state index contributed by atoms with van der Waals surface area (Å²) < 4.78 is 34.3. The number of carbonyl (C=O) groups excluding carboxylic acids is 1. The molecular formula is C24H14ClF2NO3. The van der Waals surface area contributed by atoms with Crippen LogP contribution in [0.3, 0.4) is 0 Å². The number of benzene rings is 3. The molecule has 0 aliphatic carbocycles. The van der Waals surface area contributed by atoms with E-state index >= 15 is 0 Å². The van der Waals surface area contributed by atoms with Crippen LogP contribution in [0.25, 0.3) is 11.0 Å². The highest BCUT2D eigenvalue weighted by Gasteiger charge is 2.43. The molecule has 1 amide bonds. The summed E-state index contributed by atoms with van der Waals surface area (Å²) in [5.41, 5.74) is 0.282. The molecule has 0 fully saturated rings. The van der Waals surface area contributed by atoms with E-state index in [1.54, 1.807) is 30.3 Å². The monoisotopic (exact) mass is 437 g/mol. The molecule has 0 bridgehead atoms. The highest BCUT2D eigenvalue weighted by molar-refractivity contribution is 6.31. The zero-order valence-corrected chi connectivity index (χ0v) is 16.7. The van der Waals surface area contributed by atoms with Gasteiger partial charge in [-0.15, -0.1) is 0 Å². The molecule has 4 nitrogen and oxygen atoms in total. The van der Waals surface area contributed by atoms with Crippen LogP contribution in [0.5, 0.6) is 0 Å². The summed E-state index contributed by atoms with van der Waals surface area (Å²) in [6.07, 6.45) is 0. The number of fused-ring (bicyclic) bond motifs is 2. The predicted octanol–water partition coefficient (Wildman–Crippen LogP) is 5.47. The minimum absolute atomic E-state index is 0.00696. The van der Waals surface area contributed by atoms with Crippen molar-refractivity contribution in [2.75, 3.05) is 0 Å². The number of carbonyl (C=O) groups is 1. The van der Waals surface area contributed by atoms with Crippen molar-refractivity contribution in [2.45, 2.75) is 12.6 Å². The zero-order valence-electron chi connectivity index (χ0n) is 15.9. The molecule has 31 heavy (non-hydrogen) atoms. The fraction of sp³-hybridized carbons (Fsp3) is 0.0833. The standard InChI is InChI=1S/C24H14ClF2NO3/c25-17-7-3-1-5-13(17)12-28-21(15-6-2-4-8-18(15)27)20-22(29)16-11-14(26)9-10-19(16)31-23(20)24(28)30/h1-11,21H,12H2. The molecule has 1 unspecified atom stereocenters. The lowest BCUT2D eigenvalue weighted by Crippen LogP contribution is -2.30. The molecule has 0 saturated carbocycles. The van der Waals surface area contributed by atoms with Crippen LogP contribution in [-0.4, -0.2) is 10.8 Å². The van der Waals surface area contributed by atoms with Crippen LogP contribution in [0.4, 0.5) is 8.78 Å². The van der Waals surface area contributed by atoms with E-state index in [-0.39, 0.29) is 34.4 Å². The summed E-state index contributed by atoms with van der Waals surface area (Å²) in [4.78, 5) is 28.0. The van der Waals surface area contributed by atoms with Gasteiger partial charge in [-0.3, -0.25) is 9.59 Å². The first-order valence-corrected chi connectivity index (χ1v) is 9.88. The number of halogens is 3. The minimum Gasteiger partial charge on any atom is -0.450 e. The Morgan fingerprint density at radius 1 is 0.968 bits per heavy atom. The van der Waals surface area contributed by atoms with E-state index < -0.39 is 29.0 Å². The lowest BCUT2D eigenvalue weighted by molar-refractivity contribution is 0.0712. The molecule has 0 radical (unpaired) electrons. The quantitative estimate of drug-likeness (QED) is 0.427. The molecule has 0 saturated heterocycles. The van der Waals surface area contributed by atoms with Crippen molar-refractivity contribution >= 4 is 28.5 Å². The van der Waals surface area contributed by atoms with Crippen molar-refractivity contribution in [3.05, 3.63) is 116 Å². The average molecular weight is 438 g/mol. The van der Waals surface area contributed by atoms with Gasteiger partial charge in [0, 0.05) is 17.1 Å². The molecule has 154 valence electrons. The van der Waals surface area contributed by atoms with Crippen molar-refractivity contribution in [3.63, 3.8) is 0 Å². The third kappa shape index (κ3) is 3.11. The summed E-state index contributed by atoms with van der Waals surface area (Å²) in [6, 6.07) is 15.3. The van der Waals surface area contributed by atoms with Gasteiger partial charge >= 0.3 is 0 Å². The van der Waals surface area contributed by atoms with Crippen LogP contribution in [-0.2, 0) is 6.54 Å². The Morgan fingerprint density at radius 2 is 1.71 bits per heavy atom. The van der Waals surface area contributed by atoms with Gasteiger partial charge in [-0.05, 0) is 35.9 Å². The first-order valence-electron chi connectivity index (χ1n) is 9.51. The minimum atomic E-state index is -1.04. The second kappa shape index (κ2) is 7.32. The van der Waals surface area contributed by atoms with Gasteiger partial charge in [0.2, 0.25) is 5.76 Å². The number of amides is 1. The highest BCUT2D eigenvalue weighted by atomic mass is 35.5. The number of rotatable bonds is 3. The van der Waals surface area contributed by atoms with E-state index in [1.807, 2.05) is 0 Å². The van der Waals surface area contributed by atoms with Crippen molar-refractivity contribution in [2.24, 2.45) is 0 Å². The van der Waals surface area contributed by atoms with Crippen LogP contribution >= 0.6 is 11.6 Å². The Hall–Kier alpha value is -3.51. The van der Waals surface area contributed by atoms with Crippen molar-refractivity contribution < 1.29 is 18.0 Å². The van der Waals surface area contributed by atoms with E-state index in [9.17, 15) is 18.4 Å². The Morgan fingerprint density at radius 3 is 2.48 bits per heavy atom. The van der Waals surface area contributed by atoms with E-state index in [2.05, 4.69) is 0 Å². The lowest BCUT2D eigenvalue weighted by Gasteiger charge is -2.26. The van der Waals surface area contributed by atoms with Gasteiger partial charge in [-0.25, -0.2) is 8.78 Å². The summed E-state index contributed by atoms with van der Waals surface area (Å²) in [7, 11) is 0. The maximum atomic E-state index is 14.8. The number of nitrogens with zero attached hydrogens (tertiary/aromatic N) is 1. The smallest absolute Gasteiger partial charge is 0.291 e. The van der Waals surface area contributed by atoms with Crippen molar-refractivity contribution in [3.8, 4) is 0 Å². The molecule has 0 spiro atoms. The van der Waals surface area contributed by atoms with E-state index in [1.165, 1.54) is 29.2 Å². The van der Waals surface area contributed by atoms with Crippen molar-refractivity contribution in [1.29, 1.82) is 0 Å². The zero-order chi connectivity index (χ0) is 21.7. The van der Waals surface area contributed by atoms with E-state index in [4.69, 9.17) is 16.0 Å². The first kappa shape index (κ1) is 19.5. The van der Waals surface area contributed by atoms with E-state index in [0.717, 1.165) is 12.1 Å². The molecule has 5 rings (SSSR count). The Labute approximate surface area is 180 Å². The fourth-order valence-electron chi connectivity index (χ4n) is 3.99. The second-order valence-corrected chi connectivity index (χ2v) is 7.67.